The molecule has 3 aromatic rings. The molecule has 1 aliphatic heterocycles. The number of halogens is 1. The Morgan fingerprint density at radius 2 is 2.00 bits per heavy atom. The van der Waals surface area contributed by atoms with Crippen molar-refractivity contribution in [1.82, 2.24) is 14.6 Å². The number of amides is 1. The van der Waals surface area contributed by atoms with Gasteiger partial charge < -0.3 is 14.2 Å². The molecular weight excluding hydrogens is 413 g/mol. The second kappa shape index (κ2) is 7.54. The van der Waals surface area contributed by atoms with Crippen LogP contribution >= 0.6 is 0 Å². The summed E-state index contributed by atoms with van der Waals surface area (Å²) < 4.78 is 45.2. The maximum atomic E-state index is 13.2. The minimum atomic E-state index is -4.14. The number of carbonyl (C=O) groups is 1. The fourth-order valence-electron chi connectivity index (χ4n) is 3.47. The standard InChI is InChI=1S/C20H18FN3O5S/c1-2-23-30(27,28)29-19-14-4-3-9-22-17(14)18(25)16-15(19)11-24(20(16)26)10-12-5-7-13(21)8-6-12/h3-9,23,25H,2,10-11H2,1H3. The van der Waals surface area contributed by atoms with E-state index < -0.39 is 22.0 Å². The summed E-state index contributed by atoms with van der Waals surface area (Å²) in [4.78, 5) is 18.5. The molecule has 4 rings (SSSR count). The van der Waals surface area contributed by atoms with Crippen LogP contribution in [-0.4, -0.2) is 35.9 Å². The summed E-state index contributed by atoms with van der Waals surface area (Å²) in [5, 5.41) is 11.0. The number of nitrogens with one attached hydrogen (secondary N) is 1. The Morgan fingerprint density at radius 3 is 2.70 bits per heavy atom. The van der Waals surface area contributed by atoms with E-state index in [9.17, 15) is 22.7 Å². The highest BCUT2D eigenvalue weighted by molar-refractivity contribution is 7.85. The Kier molecular flexibility index (Phi) is 5.04. The third-order valence-corrected chi connectivity index (χ3v) is 5.77. The number of phenolic OH excluding ortho intramolecular Hbond substituents is 1. The molecule has 0 bridgehead atoms. The van der Waals surface area contributed by atoms with Gasteiger partial charge in [-0.2, -0.15) is 13.1 Å². The van der Waals surface area contributed by atoms with Gasteiger partial charge >= 0.3 is 10.3 Å². The average Bonchev–Trinajstić information content (AvgIpc) is 3.03. The molecule has 0 saturated carbocycles. The van der Waals surface area contributed by atoms with Crippen LogP contribution in [0.25, 0.3) is 10.9 Å². The number of rotatable bonds is 6. The van der Waals surface area contributed by atoms with E-state index in [0.29, 0.717) is 5.56 Å². The van der Waals surface area contributed by atoms with Gasteiger partial charge in [0.2, 0.25) is 0 Å². The molecule has 0 radical (unpaired) electrons. The zero-order valence-electron chi connectivity index (χ0n) is 15.9. The lowest BCUT2D eigenvalue weighted by molar-refractivity contribution is 0.0764. The first-order valence-electron chi connectivity index (χ1n) is 9.16. The van der Waals surface area contributed by atoms with Crippen molar-refractivity contribution in [2.45, 2.75) is 20.0 Å². The van der Waals surface area contributed by atoms with Gasteiger partial charge in [0.25, 0.3) is 5.91 Å². The van der Waals surface area contributed by atoms with Crippen molar-refractivity contribution in [3.05, 3.63) is 65.1 Å². The number of aromatic nitrogens is 1. The maximum Gasteiger partial charge on any atom is 0.382 e. The van der Waals surface area contributed by atoms with Crippen LogP contribution in [0.4, 0.5) is 4.39 Å². The monoisotopic (exact) mass is 431 g/mol. The lowest BCUT2D eigenvalue weighted by Crippen LogP contribution is -2.28. The topological polar surface area (TPSA) is 109 Å². The Bertz CT molecular complexity index is 1250. The minimum Gasteiger partial charge on any atom is -0.505 e. The predicted molar refractivity (Wildman–Crippen MR) is 107 cm³/mol. The van der Waals surface area contributed by atoms with Crippen molar-refractivity contribution in [1.29, 1.82) is 0 Å². The van der Waals surface area contributed by atoms with Crippen LogP contribution in [0.2, 0.25) is 0 Å². The summed E-state index contributed by atoms with van der Waals surface area (Å²) in [6.07, 6.45) is 1.42. The molecule has 0 unspecified atom stereocenters. The Balaban J connectivity index is 1.82. The highest BCUT2D eigenvalue weighted by Gasteiger charge is 2.36. The molecule has 2 heterocycles. The van der Waals surface area contributed by atoms with E-state index in [1.807, 2.05) is 0 Å². The van der Waals surface area contributed by atoms with E-state index in [1.165, 1.54) is 23.2 Å². The molecule has 0 fully saturated rings. The lowest BCUT2D eigenvalue weighted by atomic mass is 10.0. The molecule has 30 heavy (non-hydrogen) atoms. The van der Waals surface area contributed by atoms with E-state index in [4.69, 9.17) is 4.18 Å². The number of nitrogens with zero attached hydrogens (tertiary/aromatic N) is 2. The first-order valence-corrected chi connectivity index (χ1v) is 10.6. The molecule has 0 atom stereocenters. The van der Waals surface area contributed by atoms with Crippen molar-refractivity contribution >= 4 is 27.1 Å². The Labute approximate surface area is 172 Å². The third-order valence-electron chi connectivity index (χ3n) is 4.74. The second-order valence-corrected chi connectivity index (χ2v) is 8.12. The van der Waals surface area contributed by atoms with Crippen molar-refractivity contribution in [3.8, 4) is 11.5 Å². The van der Waals surface area contributed by atoms with Gasteiger partial charge in [0.1, 0.15) is 11.3 Å². The summed E-state index contributed by atoms with van der Waals surface area (Å²) in [6.45, 7) is 1.89. The number of fused-ring (bicyclic) bond motifs is 2. The van der Waals surface area contributed by atoms with Gasteiger partial charge in [-0.05, 0) is 29.8 Å². The molecule has 1 aliphatic rings. The van der Waals surface area contributed by atoms with E-state index in [1.54, 1.807) is 31.2 Å². The number of pyridine rings is 1. The minimum absolute atomic E-state index is 0.0148. The summed E-state index contributed by atoms with van der Waals surface area (Å²) in [6, 6.07) is 8.82. The molecule has 2 aromatic carbocycles. The first-order chi connectivity index (χ1) is 14.3. The van der Waals surface area contributed by atoms with Gasteiger partial charge in [-0.15, -0.1) is 0 Å². The molecule has 1 amide bonds. The number of aromatic hydroxyl groups is 1. The van der Waals surface area contributed by atoms with Crippen LogP contribution in [0.5, 0.6) is 11.5 Å². The zero-order chi connectivity index (χ0) is 21.5. The zero-order valence-corrected chi connectivity index (χ0v) is 16.7. The maximum absolute atomic E-state index is 13.2. The average molecular weight is 431 g/mol. The van der Waals surface area contributed by atoms with Crippen LogP contribution in [0.3, 0.4) is 0 Å². The third kappa shape index (κ3) is 3.55. The molecule has 0 saturated heterocycles. The summed E-state index contributed by atoms with van der Waals surface area (Å²) in [5.41, 5.74) is 0.948. The highest BCUT2D eigenvalue weighted by Crippen LogP contribution is 2.44. The molecule has 8 nitrogen and oxygen atoms in total. The number of carbonyl (C=O) groups excluding carboxylic acids is 1. The van der Waals surface area contributed by atoms with Gasteiger partial charge in [-0.3, -0.25) is 9.78 Å². The molecule has 0 spiro atoms. The molecule has 2 N–H and O–H groups in total. The molecular formula is C20H18FN3O5S. The number of hydrogen-bond acceptors (Lipinski definition) is 6. The van der Waals surface area contributed by atoms with Crippen molar-refractivity contribution in [2.24, 2.45) is 0 Å². The quantitative estimate of drug-likeness (QED) is 0.621. The van der Waals surface area contributed by atoms with Crippen LogP contribution < -0.4 is 8.91 Å². The largest absolute Gasteiger partial charge is 0.505 e. The normalized spacial score (nSPS) is 13.7. The Hall–Kier alpha value is -3.24. The van der Waals surface area contributed by atoms with Crippen LogP contribution in [0.1, 0.15) is 28.4 Å². The van der Waals surface area contributed by atoms with Crippen LogP contribution in [0.15, 0.2) is 42.6 Å². The predicted octanol–water partition coefficient (Wildman–Crippen LogP) is 2.47. The van der Waals surface area contributed by atoms with Gasteiger partial charge in [0.15, 0.2) is 11.5 Å². The molecule has 10 heteroatoms. The van der Waals surface area contributed by atoms with Crippen molar-refractivity contribution < 1.29 is 26.9 Å². The molecule has 1 aromatic heterocycles. The fourth-order valence-corrected chi connectivity index (χ4v) is 4.29. The number of phenols is 1. The van der Waals surface area contributed by atoms with Crippen LogP contribution in [-0.2, 0) is 23.4 Å². The Morgan fingerprint density at radius 1 is 1.27 bits per heavy atom. The highest BCUT2D eigenvalue weighted by atomic mass is 32.2. The SMILES string of the molecule is CCNS(=O)(=O)Oc1c2c(c(O)c3ncccc13)C(=O)N(Cc1ccc(F)cc1)C2. The van der Waals surface area contributed by atoms with Crippen molar-refractivity contribution in [3.63, 3.8) is 0 Å². The van der Waals surface area contributed by atoms with E-state index in [2.05, 4.69) is 9.71 Å². The number of hydrogen-bond donors (Lipinski definition) is 2. The van der Waals surface area contributed by atoms with E-state index in [0.717, 1.165) is 0 Å². The second-order valence-electron chi connectivity index (χ2n) is 6.75. The molecule has 0 aliphatic carbocycles. The smallest absolute Gasteiger partial charge is 0.382 e. The summed E-state index contributed by atoms with van der Waals surface area (Å²) >= 11 is 0. The van der Waals surface area contributed by atoms with Gasteiger partial charge in [-0.25, -0.2) is 4.39 Å². The van der Waals surface area contributed by atoms with Gasteiger partial charge in [0, 0.05) is 30.2 Å². The summed E-state index contributed by atoms with van der Waals surface area (Å²) in [5.74, 6) is -1.28. The van der Waals surface area contributed by atoms with Gasteiger partial charge in [-0.1, -0.05) is 19.1 Å². The lowest BCUT2D eigenvalue weighted by Gasteiger charge is -2.16. The first kappa shape index (κ1) is 20.0. The van der Waals surface area contributed by atoms with Crippen molar-refractivity contribution in [2.75, 3.05) is 6.54 Å². The fraction of sp³-hybridized carbons (Fsp3) is 0.200. The van der Waals surface area contributed by atoms with Gasteiger partial charge in [0.05, 0.1) is 12.1 Å². The van der Waals surface area contributed by atoms with E-state index in [-0.39, 0.29) is 53.2 Å². The van der Waals surface area contributed by atoms with E-state index >= 15 is 0 Å². The van der Waals surface area contributed by atoms with Crippen LogP contribution in [0, 0.1) is 5.82 Å². The number of benzene rings is 2. The summed E-state index contributed by atoms with van der Waals surface area (Å²) in [7, 11) is -4.14. The molecule has 156 valence electrons.